The van der Waals surface area contributed by atoms with Gasteiger partial charge in [0, 0.05) is 10.8 Å². The number of carbonyl (C=O) groups excluding carboxylic acids is 1. The molecule has 0 atom stereocenters. The average Bonchev–Trinajstić information content (AvgIpc) is 3.03. The third kappa shape index (κ3) is 2.46. The number of fused-ring (bicyclic) bond motifs is 2. The van der Waals surface area contributed by atoms with E-state index in [9.17, 15) is 9.90 Å². The van der Waals surface area contributed by atoms with Crippen LogP contribution in [0.25, 0.3) is 27.8 Å². The number of para-hydroxylation sites is 1. The third-order valence-corrected chi connectivity index (χ3v) is 4.01. The summed E-state index contributed by atoms with van der Waals surface area (Å²) in [5, 5.41) is 12.9. The maximum absolute atomic E-state index is 12.4. The Morgan fingerprint density at radius 3 is 2.50 bits per heavy atom. The maximum atomic E-state index is 12.4. The van der Waals surface area contributed by atoms with Crippen LogP contribution < -0.4 is 0 Å². The van der Waals surface area contributed by atoms with Crippen LogP contribution in [0.15, 0.2) is 77.2 Å². The van der Waals surface area contributed by atoms with Crippen LogP contribution in [-0.4, -0.2) is 10.9 Å². The zero-order valence-electron chi connectivity index (χ0n) is 12.8. The molecule has 0 unspecified atom stereocenters. The lowest BCUT2D eigenvalue weighted by Crippen LogP contribution is -1.95. The first kappa shape index (κ1) is 14.3. The number of hydrogen-bond donors (Lipinski definition) is 1. The summed E-state index contributed by atoms with van der Waals surface area (Å²) < 4.78 is 5.65. The van der Waals surface area contributed by atoms with Crippen molar-refractivity contribution in [2.24, 2.45) is 0 Å². The van der Waals surface area contributed by atoms with Gasteiger partial charge in [-0.3, -0.25) is 4.79 Å². The smallest absolute Gasteiger partial charge is 0.189 e. The standard InChI is InChI=1S/C21H14O3/c22-19(12-10-16-13-15-6-2-4-8-20(15)24-16)18-11-9-14-5-1-3-7-17(14)21(18)23/h1-13,23H/b12-10+. The Bertz CT molecular complexity index is 1050. The Balaban J connectivity index is 1.67. The number of benzene rings is 3. The molecule has 3 aromatic carbocycles. The summed E-state index contributed by atoms with van der Waals surface area (Å²) in [4.78, 5) is 12.4. The first-order valence-corrected chi connectivity index (χ1v) is 7.64. The summed E-state index contributed by atoms with van der Waals surface area (Å²) in [6.45, 7) is 0. The van der Waals surface area contributed by atoms with E-state index in [1.54, 1.807) is 18.2 Å². The van der Waals surface area contributed by atoms with Crippen LogP contribution in [0.2, 0.25) is 0 Å². The van der Waals surface area contributed by atoms with Crippen LogP contribution in [0, 0.1) is 0 Å². The molecule has 0 saturated carbocycles. The van der Waals surface area contributed by atoms with Crippen LogP contribution in [0.5, 0.6) is 5.75 Å². The van der Waals surface area contributed by atoms with Crippen molar-refractivity contribution in [1.29, 1.82) is 0 Å². The van der Waals surface area contributed by atoms with Gasteiger partial charge in [-0.25, -0.2) is 0 Å². The summed E-state index contributed by atoms with van der Waals surface area (Å²) in [5.41, 5.74) is 1.05. The third-order valence-electron chi connectivity index (χ3n) is 4.01. The molecule has 1 aromatic heterocycles. The van der Waals surface area contributed by atoms with E-state index in [1.807, 2.05) is 54.6 Å². The molecule has 0 radical (unpaired) electrons. The van der Waals surface area contributed by atoms with Gasteiger partial charge in [0.25, 0.3) is 0 Å². The molecule has 3 heteroatoms. The van der Waals surface area contributed by atoms with Crippen molar-refractivity contribution in [3.8, 4) is 5.75 Å². The monoisotopic (exact) mass is 314 g/mol. The van der Waals surface area contributed by atoms with Crippen molar-refractivity contribution in [2.75, 3.05) is 0 Å². The lowest BCUT2D eigenvalue weighted by molar-refractivity contribution is 0.104. The number of phenols is 1. The second-order valence-electron chi connectivity index (χ2n) is 5.57. The van der Waals surface area contributed by atoms with Gasteiger partial charge in [0.2, 0.25) is 0 Å². The van der Waals surface area contributed by atoms with Gasteiger partial charge in [0.1, 0.15) is 17.1 Å². The van der Waals surface area contributed by atoms with E-state index in [4.69, 9.17) is 4.42 Å². The molecule has 0 aliphatic heterocycles. The van der Waals surface area contributed by atoms with E-state index < -0.39 is 0 Å². The number of rotatable bonds is 3. The summed E-state index contributed by atoms with van der Waals surface area (Å²) >= 11 is 0. The second kappa shape index (κ2) is 5.70. The highest BCUT2D eigenvalue weighted by Gasteiger charge is 2.11. The fourth-order valence-corrected chi connectivity index (χ4v) is 2.79. The number of ketones is 1. The van der Waals surface area contributed by atoms with Gasteiger partial charge >= 0.3 is 0 Å². The number of carbonyl (C=O) groups is 1. The molecule has 0 fully saturated rings. The summed E-state index contributed by atoms with van der Waals surface area (Å²) in [6, 6.07) is 20.4. The van der Waals surface area contributed by atoms with E-state index in [1.165, 1.54) is 6.08 Å². The molecule has 4 aromatic rings. The van der Waals surface area contributed by atoms with Crippen LogP contribution in [0.1, 0.15) is 16.1 Å². The van der Waals surface area contributed by atoms with Gasteiger partial charge < -0.3 is 9.52 Å². The Labute approximate surface area is 138 Å². The summed E-state index contributed by atoms with van der Waals surface area (Å²) in [7, 11) is 0. The van der Waals surface area contributed by atoms with E-state index in [0.29, 0.717) is 11.1 Å². The molecule has 1 heterocycles. The van der Waals surface area contributed by atoms with Gasteiger partial charge in [-0.1, -0.05) is 48.5 Å². The molecule has 0 saturated heterocycles. The first-order valence-electron chi connectivity index (χ1n) is 7.64. The SMILES string of the molecule is O=C(/C=C/c1cc2ccccc2o1)c1ccc2ccccc2c1O. The Morgan fingerprint density at radius 1 is 0.917 bits per heavy atom. The van der Waals surface area contributed by atoms with Gasteiger partial charge in [-0.2, -0.15) is 0 Å². The van der Waals surface area contributed by atoms with E-state index in [2.05, 4.69) is 0 Å². The molecule has 0 bridgehead atoms. The predicted molar refractivity (Wildman–Crippen MR) is 95.2 cm³/mol. The fraction of sp³-hybridized carbons (Fsp3) is 0. The van der Waals surface area contributed by atoms with Crippen LogP contribution in [-0.2, 0) is 0 Å². The van der Waals surface area contributed by atoms with E-state index >= 15 is 0 Å². The lowest BCUT2D eigenvalue weighted by atomic mass is 10.0. The van der Waals surface area contributed by atoms with Crippen molar-refractivity contribution in [1.82, 2.24) is 0 Å². The maximum Gasteiger partial charge on any atom is 0.189 e. The number of phenolic OH excluding ortho intramolecular Hbond substituents is 1. The largest absolute Gasteiger partial charge is 0.507 e. The topological polar surface area (TPSA) is 50.4 Å². The molecule has 116 valence electrons. The first-order chi connectivity index (χ1) is 11.7. The highest BCUT2D eigenvalue weighted by atomic mass is 16.3. The van der Waals surface area contributed by atoms with Crippen molar-refractivity contribution >= 4 is 33.6 Å². The van der Waals surface area contributed by atoms with Gasteiger partial charge in [0.15, 0.2) is 5.78 Å². The van der Waals surface area contributed by atoms with Crippen molar-refractivity contribution < 1.29 is 14.3 Å². The van der Waals surface area contributed by atoms with Crippen LogP contribution >= 0.6 is 0 Å². The quantitative estimate of drug-likeness (QED) is 0.418. The molecule has 4 rings (SSSR count). The number of furan rings is 1. The molecule has 0 aliphatic rings. The highest BCUT2D eigenvalue weighted by molar-refractivity contribution is 6.11. The minimum Gasteiger partial charge on any atom is -0.507 e. The van der Waals surface area contributed by atoms with Gasteiger partial charge in [0.05, 0.1) is 5.56 Å². The Kier molecular flexibility index (Phi) is 3.39. The molecule has 0 spiro atoms. The van der Waals surface area contributed by atoms with Crippen LogP contribution in [0.3, 0.4) is 0 Å². The molecule has 0 aliphatic carbocycles. The molecular weight excluding hydrogens is 300 g/mol. The molecule has 1 N–H and O–H groups in total. The zero-order chi connectivity index (χ0) is 16.5. The molecule has 3 nitrogen and oxygen atoms in total. The van der Waals surface area contributed by atoms with Gasteiger partial charge in [-0.15, -0.1) is 0 Å². The Morgan fingerprint density at radius 2 is 1.67 bits per heavy atom. The molecule has 24 heavy (non-hydrogen) atoms. The average molecular weight is 314 g/mol. The predicted octanol–water partition coefficient (Wildman–Crippen LogP) is 5.19. The molecule has 0 amide bonds. The fourth-order valence-electron chi connectivity index (χ4n) is 2.79. The Hall–Kier alpha value is -3.33. The number of aromatic hydroxyl groups is 1. The van der Waals surface area contributed by atoms with Gasteiger partial charge in [-0.05, 0) is 35.7 Å². The minimum absolute atomic E-state index is 0.00681. The van der Waals surface area contributed by atoms with Crippen LogP contribution in [0.4, 0.5) is 0 Å². The van der Waals surface area contributed by atoms with E-state index in [-0.39, 0.29) is 17.1 Å². The minimum atomic E-state index is -0.265. The zero-order valence-corrected chi connectivity index (χ0v) is 12.8. The normalized spacial score (nSPS) is 11.5. The number of hydrogen-bond acceptors (Lipinski definition) is 3. The lowest BCUT2D eigenvalue weighted by Gasteiger charge is -2.05. The molecular formula is C21H14O3. The van der Waals surface area contributed by atoms with Crippen molar-refractivity contribution in [2.45, 2.75) is 0 Å². The van der Waals surface area contributed by atoms with Crippen molar-refractivity contribution in [3.63, 3.8) is 0 Å². The second-order valence-corrected chi connectivity index (χ2v) is 5.57. The van der Waals surface area contributed by atoms with Crippen molar-refractivity contribution in [3.05, 3.63) is 84.1 Å². The van der Waals surface area contributed by atoms with E-state index in [0.717, 1.165) is 16.4 Å². The number of allylic oxidation sites excluding steroid dienone is 1. The summed E-state index contributed by atoms with van der Waals surface area (Å²) in [5.74, 6) is 0.343. The highest BCUT2D eigenvalue weighted by Crippen LogP contribution is 2.29. The summed E-state index contributed by atoms with van der Waals surface area (Å²) in [6.07, 6.45) is 3.04.